The van der Waals surface area contributed by atoms with Gasteiger partial charge in [0.2, 0.25) is 0 Å². The second kappa shape index (κ2) is 7.78. The van der Waals surface area contributed by atoms with Crippen LogP contribution in [-0.4, -0.2) is 6.54 Å². The largest absolute Gasteiger partial charge is 0.453 e. The zero-order valence-electron chi connectivity index (χ0n) is 11.1. The molecule has 0 aromatic carbocycles. The molecule has 2 nitrogen and oxygen atoms in total. The Labute approximate surface area is 110 Å². The first kappa shape index (κ1) is 14.6. The molecule has 1 N–H and O–H groups in total. The van der Waals surface area contributed by atoms with Gasteiger partial charge in [-0.3, -0.25) is 0 Å². The minimum absolute atomic E-state index is 0.333. The standard InChI is InChI=1S/C14H24ClNO/c1-4-9-16-13(7-5-6-11(2)3)12-8-10-17-14(12)15/h8,10-11,13,16H,4-7,9H2,1-3H3. The first-order valence-electron chi connectivity index (χ1n) is 6.61. The molecule has 3 heteroatoms. The second-order valence-corrected chi connectivity index (χ2v) is 5.32. The minimum Gasteiger partial charge on any atom is -0.453 e. The first-order valence-corrected chi connectivity index (χ1v) is 6.99. The van der Waals surface area contributed by atoms with Crippen LogP contribution in [0, 0.1) is 5.92 Å². The molecule has 98 valence electrons. The second-order valence-electron chi connectivity index (χ2n) is 4.98. The van der Waals surface area contributed by atoms with Gasteiger partial charge in [0.25, 0.3) is 0 Å². The van der Waals surface area contributed by atoms with Crippen LogP contribution in [0.3, 0.4) is 0 Å². The Bertz CT molecular complexity index is 309. The third-order valence-electron chi connectivity index (χ3n) is 2.94. The van der Waals surface area contributed by atoms with Gasteiger partial charge in [-0.15, -0.1) is 0 Å². The van der Waals surface area contributed by atoms with Crippen LogP contribution in [-0.2, 0) is 0 Å². The van der Waals surface area contributed by atoms with Gasteiger partial charge in [0.1, 0.15) is 0 Å². The molecule has 17 heavy (non-hydrogen) atoms. The maximum atomic E-state index is 6.05. The van der Waals surface area contributed by atoms with Crippen molar-refractivity contribution in [3.63, 3.8) is 0 Å². The zero-order valence-corrected chi connectivity index (χ0v) is 11.9. The smallest absolute Gasteiger partial charge is 0.197 e. The molecule has 0 bridgehead atoms. The van der Waals surface area contributed by atoms with Crippen molar-refractivity contribution in [1.29, 1.82) is 0 Å². The monoisotopic (exact) mass is 257 g/mol. The highest BCUT2D eigenvalue weighted by atomic mass is 35.5. The number of halogens is 1. The van der Waals surface area contributed by atoms with E-state index in [1.54, 1.807) is 6.26 Å². The maximum Gasteiger partial charge on any atom is 0.197 e. The summed E-state index contributed by atoms with van der Waals surface area (Å²) < 4.78 is 5.18. The predicted molar refractivity (Wildman–Crippen MR) is 73.4 cm³/mol. The van der Waals surface area contributed by atoms with Crippen LogP contribution < -0.4 is 5.32 Å². The van der Waals surface area contributed by atoms with E-state index < -0.39 is 0 Å². The Morgan fingerprint density at radius 1 is 1.35 bits per heavy atom. The van der Waals surface area contributed by atoms with E-state index in [1.165, 1.54) is 12.8 Å². The number of hydrogen-bond donors (Lipinski definition) is 1. The van der Waals surface area contributed by atoms with Crippen molar-refractivity contribution in [3.8, 4) is 0 Å². The number of rotatable bonds is 8. The molecular weight excluding hydrogens is 234 g/mol. The van der Waals surface area contributed by atoms with Gasteiger partial charge in [-0.1, -0.05) is 33.6 Å². The van der Waals surface area contributed by atoms with Gasteiger partial charge in [-0.05, 0) is 43.0 Å². The van der Waals surface area contributed by atoms with Crippen LogP contribution in [0.2, 0.25) is 5.22 Å². The maximum absolute atomic E-state index is 6.05. The summed E-state index contributed by atoms with van der Waals surface area (Å²) in [4.78, 5) is 0. The number of hydrogen-bond acceptors (Lipinski definition) is 2. The van der Waals surface area contributed by atoms with Crippen LogP contribution in [0.15, 0.2) is 16.7 Å². The summed E-state index contributed by atoms with van der Waals surface area (Å²) in [5.74, 6) is 0.765. The van der Waals surface area contributed by atoms with E-state index in [-0.39, 0.29) is 0 Å². The molecule has 1 atom stereocenters. The van der Waals surface area contributed by atoms with E-state index in [0.717, 1.165) is 30.9 Å². The van der Waals surface area contributed by atoms with Crippen molar-refractivity contribution in [2.45, 2.75) is 52.5 Å². The third kappa shape index (κ3) is 5.13. The van der Waals surface area contributed by atoms with Crippen LogP contribution in [0.25, 0.3) is 0 Å². The van der Waals surface area contributed by atoms with Crippen molar-refractivity contribution < 1.29 is 4.42 Å². The third-order valence-corrected chi connectivity index (χ3v) is 3.24. The van der Waals surface area contributed by atoms with Crippen molar-refractivity contribution >= 4 is 11.6 Å². The molecule has 0 fully saturated rings. The highest BCUT2D eigenvalue weighted by Crippen LogP contribution is 2.28. The summed E-state index contributed by atoms with van der Waals surface area (Å²) in [6.07, 6.45) is 6.41. The molecule has 0 saturated heterocycles. The lowest BCUT2D eigenvalue weighted by Crippen LogP contribution is -2.22. The van der Waals surface area contributed by atoms with Crippen molar-refractivity contribution in [1.82, 2.24) is 5.32 Å². The Hall–Kier alpha value is -0.470. The summed E-state index contributed by atoms with van der Waals surface area (Å²) in [5, 5.41) is 4.07. The molecule has 0 amide bonds. The summed E-state index contributed by atoms with van der Waals surface area (Å²) in [7, 11) is 0. The molecule has 0 aliphatic carbocycles. The van der Waals surface area contributed by atoms with E-state index in [0.29, 0.717) is 11.3 Å². The average Bonchev–Trinajstić information content (AvgIpc) is 2.69. The molecule has 0 radical (unpaired) electrons. The molecule has 0 spiro atoms. The Kier molecular flexibility index (Phi) is 6.68. The lowest BCUT2D eigenvalue weighted by Gasteiger charge is -2.18. The van der Waals surface area contributed by atoms with E-state index in [9.17, 15) is 0 Å². The van der Waals surface area contributed by atoms with E-state index in [2.05, 4.69) is 26.1 Å². The van der Waals surface area contributed by atoms with Gasteiger partial charge in [0.05, 0.1) is 6.26 Å². The molecule has 0 aliphatic rings. The van der Waals surface area contributed by atoms with E-state index in [4.69, 9.17) is 16.0 Å². The van der Waals surface area contributed by atoms with E-state index in [1.807, 2.05) is 6.07 Å². The fraction of sp³-hybridized carbons (Fsp3) is 0.714. The Balaban J connectivity index is 2.52. The van der Waals surface area contributed by atoms with Crippen molar-refractivity contribution in [3.05, 3.63) is 23.1 Å². The highest BCUT2D eigenvalue weighted by molar-refractivity contribution is 6.29. The normalized spacial score (nSPS) is 13.2. The summed E-state index contributed by atoms with van der Waals surface area (Å²) >= 11 is 6.05. The van der Waals surface area contributed by atoms with Crippen LogP contribution in [0.4, 0.5) is 0 Å². The number of furan rings is 1. The topological polar surface area (TPSA) is 25.2 Å². The van der Waals surface area contributed by atoms with Crippen LogP contribution in [0.1, 0.15) is 58.1 Å². The summed E-state index contributed by atoms with van der Waals surface area (Å²) in [6, 6.07) is 2.31. The first-order chi connectivity index (χ1) is 8.15. The van der Waals surface area contributed by atoms with Gasteiger partial charge in [0.15, 0.2) is 5.22 Å². The van der Waals surface area contributed by atoms with Gasteiger partial charge in [0, 0.05) is 11.6 Å². The molecule has 0 aliphatic heterocycles. The molecule has 1 rings (SSSR count). The molecule has 1 unspecified atom stereocenters. The summed E-state index contributed by atoms with van der Waals surface area (Å²) in [5.41, 5.74) is 1.10. The lowest BCUT2D eigenvalue weighted by atomic mass is 9.99. The molecule has 1 heterocycles. The quantitative estimate of drug-likeness (QED) is 0.724. The van der Waals surface area contributed by atoms with E-state index >= 15 is 0 Å². The van der Waals surface area contributed by atoms with Crippen LogP contribution >= 0.6 is 11.6 Å². The Morgan fingerprint density at radius 2 is 2.12 bits per heavy atom. The number of nitrogens with one attached hydrogen (secondary N) is 1. The molecule has 0 saturated carbocycles. The zero-order chi connectivity index (χ0) is 12.7. The lowest BCUT2D eigenvalue weighted by molar-refractivity contribution is 0.443. The van der Waals surface area contributed by atoms with Crippen molar-refractivity contribution in [2.75, 3.05) is 6.54 Å². The van der Waals surface area contributed by atoms with Gasteiger partial charge in [-0.25, -0.2) is 0 Å². The van der Waals surface area contributed by atoms with Crippen LogP contribution in [0.5, 0.6) is 0 Å². The SMILES string of the molecule is CCCNC(CCCC(C)C)c1ccoc1Cl. The molecular formula is C14H24ClNO. The highest BCUT2D eigenvalue weighted by Gasteiger charge is 2.16. The average molecular weight is 258 g/mol. The predicted octanol–water partition coefficient (Wildman–Crippen LogP) is 4.80. The van der Waals surface area contributed by atoms with Gasteiger partial charge in [-0.2, -0.15) is 0 Å². The van der Waals surface area contributed by atoms with Gasteiger partial charge < -0.3 is 9.73 Å². The summed E-state index contributed by atoms with van der Waals surface area (Å²) in [6.45, 7) is 7.72. The Morgan fingerprint density at radius 3 is 2.65 bits per heavy atom. The fourth-order valence-corrected chi connectivity index (χ4v) is 2.22. The fourth-order valence-electron chi connectivity index (χ4n) is 1.97. The minimum atomic E-state index is 0.333. The molecule has 1 aromatic heterocycles. The van der Waals surface area contributed by atoms with Crippen molar-refractivity contribution in [2.24, 2.45) is 5.92 Å². The van der Waals surface area contributed by atoms with Gasteiger partial charge >= 0.3 is 0 Å². The molecule has 1 aromatic rings.